The number of benzene rings is 2. The molecule has 26 heavy (non-hydrogen) atoms. The van der Waals surface area contributed by atoms with E-state index in [1.807, 2.05) is 4.68 Å². The fourth-order valence-corrected chi connectivity index (χ4v) is 5.05. The molecule has 0 radical (unpaired) electrons. The highest BCUT2D eigenvalue weighted by atomic mass is 32.1. The van der Waals surface area contributed by atoms with Crippen molar-refractivity contribution in [2.24, 2.45) is 0 Å². The molecule has 1 aliphatic heterocycles. The van der Waals surface area contributed by atoms with E-state index in [2.05, 4.69) is 63.9 Å². The molecule has 3 heterocycles. The normalized spacial score (nSPS) is 15.9. The van der Waals surface area contributed by atoms with Gasteiger partial charge in [0.2, 0.25) is 9.73 Å². The summed E-state index contributed by atoms with van der Waals surface area (Å²) in [6, 6.07) is 19.0. The number of fused-ring (bicyclic) bond motifs is 3. The Morgan fingerprint density at radius 2 is 1.73 bits per heavy atom. The van der Waals surface area contributed by atoms with Crippen LogP contribution in [0.15, 0.2) is 54.6 Å². The summed E-state index contributed by atoms with van der Waals surface area (Å²) in [6.07, 6.45) is 0. The third kappa shape index (κ3) is 2.72. The van der Waals surface area contributed by atoms with Crippen LogP contribution in [0.25, 0.3) is 15.2 Å². The molecule has 1 aliphatic rings. The first kappa shape index (κ1) is 16.0. The van der Waals surface area contributed by atoms with Gasteiger partial charge in [0.25, 0.3) is 0 Å². The molecule has 1 fully saturated rings. The molecule has 0 unspecified atom stereocenters. The number of hydrogen-bond donors (Lipinski definition) is 1. The van der Waals surface area contributed by atoms with E-state index in [1.165, 1.54) is 15.3 Å². The molecule has 0 amide bonds. The van der Waals surface area contributed by atoms with E-state index in [4.69, 9.17) is 17.3 Å². The van der Waals surface area contributed by atoms with E-state index in [9.17, 15) is 0 Å². The number of anilines is 1. The molecule has 4 aromatic rings. The third-order valence-corrected chi connectivity index (χ3v) is 6.49. The van der Waals surface area contributed by atoms with Crippen LogP contribution in [-0.4, -0.2) is 40.4 Å². The van der Waals surface area contributed by atoms with Gasteiger partial charge in [0.1, 0.15) is 0 Å². The summed E-state index contributed by atoms with van der Waals surface area (Å²) in [6.45, 7) is 5.17. The molecule has 0 atom stereocenters. The van der Waals surface area contributed by atoms with E-state index >= 15 is 0 Å². The first-order valence-corrected chi connectivity index (χ1v) is 10.1. The topological polar surface area (TPSA) is 29.9 Å². The quantitative estimate of drug-likeness (QED) is 0.552. The van der Waals surface area contributed by atoms with Crippen LogP contribution in [0, 0.1) is 4.77 Å². The van der Waals surface area contributed by atoms with Crippen molar-refractivity contribution >= 4 is 44.4 Å². The molecule has 2 aromatic heterocycles. The molecule has 0 aliphatic carbocycles. The Labute approximate surface area is 160 Å². The van der Waals surface area contributed by atoms with E-state index in [0.29, 0.717) is 0 Å². The standard InChI is InChI=1S/C19H19N5S2/c25-19-23(20-18-24(19)16-8-4-5-9-17(16)26-18)14-21-10-12-22(13-11-21)15-6-2-1-3-7-15/h1-9H,10-14H2/p+1. The predicted octanol–water partition coefficient (Wildman–Crippen LogP) is 2.44. The number of nitrogens with one attached hydrogen (secondary N) is 1. The number of para-hydroxylation sites is 2. The summed E-state index contributed by atoms with van der Waals surface area (Å²) < 4.78 is 6.14. The third-order valence-electron chi connectivity index (χ3n) is 5.08. The van der Waals surface area contributed by atoms with Crippen LogP contribution in [0.3, 0.4) is 0 Å². The van der Waals surface area contributed by atoms with Crippen LogP contribution in [0.5, 0.6) is 0 Å². The molecule has 5 rings (SSSR count). The van der Waals surface area contributed by atoms with Gasteiger partial charge in [0.05, 0.1) is 36.4 Å². The van der Waals surface area contributed by atoms with Crippen LogP contribution in [0.1, 0.15) is 0 Å². The van der Waals surface area contributed by atoms with Crippen molar-refractivity contribution in [2.45, 2.75) is 6.67 Å². The van der Waals surface area contributed by atoms with Gasteiger partial charge in [-0.25, -0.2) is 0 Å². The molecule has 0 saturated carbocycles. The van der Waals surface area contributed by atoms with E-state index in [1.54, 1.807) is 11.3 Å². The summed E-state index contributed by atoms with van der Waals surface area (Å²) >= 11 is 7.43. The summed E-state index contributed by atoms with van der Waals surface area (Å²) in [7, 11) is 0. The van der Waals surface area contributed by atoms with Crippen LogP contribution in [0.2, 0.25) is 0 Å². The molecule has 5 nitrogen and oxygen atoms in total. The second kappa shape index (κ2) is 6.50. The molecule has 7 heteroatoms. The minimum atomic E-state index is 0.801. The highest BCUT2D eigenvalue weighted by Gasteiger charge is 2.21. The summed E-state index contributed by atoms with van der Waals surface area (Å²) in [4.78, 5) is 4.98. The monoisotopic (exact) mass is 382 g/mol. The maximum absolute atomic E-state index is 5.72. The van der Waals surface area contributed by atoms with Crippen molar-refractivity contribution in [1.29, 1.82) is 0 Å². The molecular weight excluding hydrogens is 362 g/mol. The van der Waals surface area contributed by atoms with E-state index in [0.717, 1.165) is 48.1 Å². The SMILES string of the molecule is S=c1n(C[NH+]2CCN(c3ccccc3)CC2)nc2sc3ccccc3n12. The number of aromatic nitrogens is 3. The fourth-order valence-electron chi connectivity index (χ4n) is 3.68. The van der Waals surface area contributed by atoms with Crippen molar-refractivity contribution < 1.29 is 4.90 Å². The lowest BCUT2D eigenvalue weighted by atomic mass is 10.2. The van der Waals surface area contributed by atoms with Gasteiger partial charge >= 0.3 is 0 Å². The summed E-state index contributed by atoms with van der Waals surface area (Å²) in [5.74, 6) is 0. The lowest BCUT2D eigenvalue weighted by molar-refractivity contribution is -0.924. The highest BCUT2D eigenvalue weighted by Crippen LogP contribution is 2.25. The second-order valence-corrected chi connectivity index (χ2v) is 8.07. The molecule has 1 saturated heterocycles. The Morgan fingerprint density at radius 3 is 2.54 bits per heavy atom. The van der Waals surface area contributed by atoms with Crippen molar-refractivity contribution in [3.05, 3.63) is 59.4 Å². The predicted molar refractivity (Wildman–Crippen MR) is 109 cm³/mol. The fraction of sp³-hybridized carbons (Fsp3) is 0.263. The largest absolute Gasteiger partial charge is 0.360 e. The Hall–Kier alpha value is -2.22. The van der Waals surface area contributed by atoms with Gasteiger partial charge in [0.15, 0.2) is 6.67 Å². The maximum atomic E-state index is 5.72. The van der Waals surface area contributed by atoms with Crippen LogP contribution >= 0.6 is 23.6 Å². The number of quaternary nitrogens is 1. The molecular formula is C19H20N5S2+. The van der Waals surface area contributed by atoms with Crippen molar-refractivity contribution in [1.82, 2.24) is 14.2 Å². The Bertz CT molecular complexity index is 1100. The minimum Gasteiger partial charge on any atom is -0.360 e. The number of piperazine rings is 1. The maximum Gasteiger partial charge on any atom is 0.216 e. The second-order valence-electron chi connectivity index (χ2n) is 6.70. The van der Waals surface area contributed by atoms with Gasteiger partial charge in [-0.1, -0.05) is 41.7 Å². The van der Waals surface area contributed by atoms with E-state index < -0.39 is 0 Å². The number of rotatable bonds is 3. The first-order valence-electron chi connectivity index (χ1n) is 8.90. The van der Waals surface area contributed by atoms with Crippen molar-refractivity contribution in [3.63, 3.8) is 0 Å². The van der Waals surface area contributed by atoms with Gasteiger partial charge in [-0.2, -0.15) is 4.68 Å². The minimum absolute atomic E-state index is 0.801. The number of thiazole rings is 1. The Balaban J connectivity index is 1.34. The van der Waals surface area contributed by atoms with Crippen molar-refractivity contribution in [2.75, 3.05) is 31.1 Å². The van der Waals surface area contributed by atoms with Gasteiger partial charge in [0, 0.05) is 5.69 Å². The van der Waals surface area contributed by atoms with Crippen LogP contribution < -0.4 is 9.80 Å². The van der Waals surface area contributed by atoms with Gasteiger partial charge in [-0.05, 0) is 36.5 Å². The first-order chi connectivity index (χ1) is 12.8. The van der Waals surface area contributed by atoms with Gasteiger partial charge < -0.3 is 9.80 Å². The molecule has 132 valence electrons. The zero-order valence-corrected chi connectivity index (χ0v) is 16.0. The number of nitrogens with zero attached hydrogens (tertiary/aromatic N) is 4. The smallest absolute Gasteiger partial charge is 0.216 e. The van der Waals surface area contributed by atoms with Crippen LogP contribution in [0.4, 0.5) is 5.69 Å². The molecule has 2 aromatic carbocycles. The Morgan fingerprint density at radius 1 is 1.00 bits per heavy atom. The van der Waals surface area contributed by atoms with Gasteiger partial charge in [-0.15, -0.1) is 5.10 Å². The Kier molecular flexibility index (Phi) is 4.00. The zero-order chi connectivity index (χ0) is 17.5. The van der Waals surface area contributed by atoms with Crippen LogP contribution in [-0.2, 0) is 6.67 Å². The average molecular weight is 383 g/mol. The molecule has 1 N–H and O–H groups in total. The van der Waals surface area contributed by atoms with Gasteiger partial charge in [-0.3, -0.25) is 4.40 Å². The summed E-state index contributed by atoms with van der Waals surface area (Å²) in [5.41, 5.74) is 2.48. The number of hydrogen-bond acceptors (Lipinski definition) is 4. The molecule has 0 spiro atoms. The van der Waals surface area contributed by atoms with E-state index in [-0.39, 0.29) is 0 Å². The molecule has 0 bridgehead atoms. The van der Waals surface area contributed by atoms with Crippen molar-refractivity contribution in [3.8, 4) is 0 Å². The average Bonchev–Trinajstić information content (AvgIpc) is 3.20. The lowest BCUT2D eigenvalue weighted by Crippen LogP contribution is -3.14. The lowest BCUT2D eigenvalue weighted by Gasteiger charge is -2.33. The zero-order valence-electron chi connectivity index (χ0n) is 14.3. The highest BCUT2D eigenvalue weighted by molar-refractivity contribution is 7.71. The summed E-state index contributed by atoms with van der Waals surface area (Å²) in [5, 5.41) is 4.78.